The predicted octanol–water partition coefficient (Wildman–Crippen LogP) is 3.12. The Hall–Kier alpha value is -2.74. The van der Waals surface area contributed by atoms with Crippen LogP contribution < -0.4 is 14.8 Å². The highest BCUT2D eigenvalue weighted by molar-refractivity contribution is 7.99. The number of halogens is 1. The lowest BCUT2D eigenvalue weighted by Gasteiger charge is -2.28. The van der Waals surface area contributed by atoms with Gasteiger partial charge in [-0.3, -0.25) is 9.59 Å². The predicted molar refractivity (Wildman–Crippen MR) is 109 cm³/mol. The first kappa shape index (κ1) is 21.0. The van der Waals surface area contributed by atoms with Crippen molar-refractivity contribution in [1.82, 2.24) is 10.2 Å². The molecule has 2 aromatic carbocycles. The summed E-state index contributed by atoms with van der Waals surface area (Å²) in [5.41, 5.74) is 1.65. The topological polar surface area (TPSA) is 67.9 Å². The zero-order valence-electron chi connectivity index (χ0n) is 16.5. The number of ether oxygens (including phenoxy) is 2. The van der Waals surface area contributed by atoms with E-state index in [9.17, 15) is 14.0 Å². The molecule has 1 aliphatic heterocycles. The summed E-state index contributed by atoms with van der Waals surface area (Å²) in [4.78, 5) is 26.7. The van der Waals surface area contributed by atoms with Gasteiger partial charge in [-0.25, -0.2) is 4.39 Å². The molecule has 0 radical (unpaired) electrons. The number of methoxy groups -OCH3 is 2. The van der Waals surface area contributed by atoms with Crippen molar-refractivity contribution in [2.45, 2.75) is 24.9 Å². The first-order valence-corrected chi connectivity index (χ1v) is 10.1. The SMILES string of the molecule is COc1ccc(C2SCC(C(=O)NCc3ccc(F)cc3)N2C(C)=O)cc1OC. The van der Waals surface area contributed by atoms with Gasteiger partial charge in [0.25, 0.3) is 0 Å². The van der Waals surface area contributed by atoms with Crippen LogP contribution >= 0.6 is 11.8 Å². The maximum atomic E-state index is 13.0. The Morgan fingerprint density at radius 1 is 1.14 bits per heavy atom. The van der Waals surface area contributed by atoms with E-state index in [1.54, 1.807) is 37.3 Å². The first-order chi connectivity index (χ1) is 13.9. The lowest BCUT2D eigenvalue weighted by molar-refractivity contribution is -0.138. The highest BCUT2D eigenvalue weighted by atomic mass is 32.2. The molecule has 2 atom stereocenters. The van der Waals surface area contributed by atoms with Crippen molar-refractivity contribution >= 4 is 23.6 Å². The van der Waals surface area contributed by atoms with Gasteiger partial charge in [-0.05, 0) is 35.4 Å². The second-order valence-corrected chi connectivity index (χ2v) is 7.70. The molecule has 1 heterocycles. The molecule has 0 saturated carbocycles. The molecule has 2 aromatic rings. The molecule has 3 rings (SSSR count). The number of thioether (sulfide) groups is 1. The smallest absolute Gasteiger partial charge is 0.243 e. The zero-order chi connectivity index (χ0) is 21.0. The standard InChI is InChI=1S/C21H23FN2O4S/c1-13(25)24-17(20(26)23-11-14-4-7-16(22)8-5-14)12-29-21(24)15-6-9-18(27-2)19(10-15)28-3/h4-10,17,21H,11-12H2,1-3H3,(H,23,26). The van der Waals surface area contributed by atoms with Crippen molar-refractivity contribution in [3.63, 3.8) is 0 Å². The van der Waals surface area contributed by atoms with Crippen LogP contribution in [0.4, 0.5) is 4.39 Å². The fourth-order valence-electron chi connectivity index (χ4n) is 3.27. The molecule has 1 saturated heterocycles. The Labute approximate surface area is 173 Å². The van der Waals surface area contributed by atoms with E-state index in [0.717, 1.165) is 11.1 Å². The average molecular weight is 418 g/mol. The van der Waals surface area contributed by atoms with E-state index in [0.29, 0.717) is 17.3 Å². The van der Waals surface area contributed by atoms with Crippen molar-refractivity contribution in [3.05, 3.63) is 59.4 Å². The second kappa shape index (κ2) is 9.17. The summed E-state index contributed by atoms with van der Waals surface area (Å²) in [6, 6.07) is 10.8. The van der Waals surface area contributed by atoms with Gasteiger partial charge in [0.1, 0.15) is 17.2 Å². The molecule has 0 spiro atoms. The summed E-state index contributed by atoms with van der Waals surface area (Å²) < 4.78 is 23.7. The van der Waals surface area contributed by atoms with E-state index in [-0.39, 0.29) is 29.6 Å². The number of nitrogens with zero attached hydrogens (tertiary/aromatic N) is 1. The summed E-state index contributed by atoms with van der Waals surface area (Å²) in [5.74, 6) is 0.901. The Kier molecular flexibility index (Phi) is 6.64. The molecule has 0 aliphatic carbocycles. The molecular formula is C21H23FN2O4S. The quantitative estimate of drug-likeness (QED) is 0.781. The highest BCUT2D eigenvalue weighted by Crippen LogP contribution is 2.43. The summed E-state index contributed by atoms with van der Waals surface area (Å²) >= 11 is 1.52. The van der Waals surface area contributed by atoms with Crippen LogP contribution in [0, 0.1) is 5.82 Å². The number of carbonyl (C=O) groups excluding carboxylic acids is 2. The molecule has 0 aromatic heterocycles. The van der Waals surface area contributed by atoms with Crippen molar-refractivity contribution in [3.8, 4) is 11.5 Å². The summed E-state index contributed by atoms with van der Waals surface area (Å²) in [7, 11) is 3.11. The molecule has 2 amide bonds. The molecule has 8 heteroatoms. The zero-order valence-corrected chi connectivity index (χ0v) is 17.3. The molecule has 29 heavy (non-hydrogen) atoms. The third kappa shape index (κ3) is 4.64. The third-order valence-corrected chi connectivity index (χ3v) is 6.06. The van der Waals surface area contributed by atoms with Crippen molar-refractivity contribution in [2.75, 3.05) is 20.0 Å². The van der Waals surface area contributed by atoms with Gasteiger partial charge < -0.3 is 19.7 Å². The fourth-order valence-corrected chi connectivity index (χ4v) is 4.74. The molecule has 1 N–H and O–H groups in total. The largest absolute Gasteiger partial charge is 0.493 e. The van der Waals surface area contributed by atoms with Gasteiger partial charge in [-0.15, -0.1) is 11.8 Å². The highest BCUT2D eigenvalue weighted by Gasteiger charge is 2.41. The molecule has 1 aliphatic rings. The second-order valence-electron chi connectivity index (χ2n) is 6.59. The molecule has 6 nitrogen and oxygen atoms in total. The Balaban J connectivity index is 1.75. The molecule has 1 fully saturated rings. The van der Waals surface area contributed by atoms with E-state index in [4.69, 9.17) is 9.47 Å². The number of hydrogen-bond acceptors (Lipinski definition) is 5. The van der Waals surface area contributed by atoms with Crippen molar-refractivity contribution in [2.24, 2.45) is 0 Å². The number of benzene rings is 2. The summed E-state index contributed by atoms with van der Waals surface area (Å²) in [5, 5.41) is 2.55. The Bertz CT molecular complexity index is 891. The minimum absolute atomic E-state index is 0.184. The summed E-state index contributed by atoms with van der Waals surface area (Å²) in [6.07, 6.45) is 0. The molecular weight excluding hydrogens is 395 g/mol. The number of hydrogen-bond donors (Lipinski definition) is 1. The monoisotopic (exact) mass is 418 g/mol. The maximum Gasteiger partial charge on any atom is 0.243 e. The van der Waals surface area contributed by atoms with Crippen LogP contribution in [0.25, 0.3) is 0 Å². The Morgan fingerprint density at radius 3 is 2.45 bits per heavy atom. The van der Waals surface area contributed by atoms with Crippen LogP contribution in [-0.4, -0.2) is 42.7 Å². The first-order valence-electron chi connectivity index (χ1n) is 9.09. The van der Waals surface area contributed by atoms with Gasteiger partial charge in [0.05, 0.1) is 14.2 Å². The van der Waals surface area contributed by atoms with Crippen molar-refractivity contribution in [1.29, 1.82) is 0 Å². The Morgan fingerprint density at radius 2 is 1.83 bits per heavy atom. The van der Waals surface area contributed by atoms with E-state index in [1.165, 1.54) is 30.8 Å². The van der Waals surface area contributed by atoms with Gasteiger partial charge in [-0.1, -0.05) is 18.2 Å². The minimum atomic E-state index is -0.587. The van der Waals surface area contributed by atoms with Crippen LogP contribution in [0.15, 0.2) is 42.5 Å². The minimum Gasteiger partial charge on any atom is -0.493 e. The molecule has 0 bridgehead atoms. The van der Waals surface area contributed by atoms with Crippen LogP contribution in [0.2, 0.25) is 0 Å². The van der Waals surface area contributed by atoms with Gasteiger partial charge in [-0.2, -0.15) is 0 Å². The fraction of sp³-hybridized carbons (Fsp3) is 0.333. The van der Waals surface area contributed by atoms with E-state index < -0.39 is 6.04 Å². The number of amides is 2. The van der Waals surface area contributed by atoms with Gasteiger partial charge in [0.15, 0.2) is 11.5 Å². The van der Waals surface area contributed by atoms with Gasteiger partial charge in [0.2, 0.25) is 11.8 Å². The van der Waals surface area contributed by atoms with Crippen molar-refractivity contribution < 1.29 is 23.5 Å². The van der Waals surface area contributed by atoms with Crippen LogP contribution in [-0.2, 0) is 16.1 Å². The maximum absolute atomic E-state index is 13.0. The third-order valence-electron chi connectivity index (χ3n) is 4.74. The van der Waals surface area contributed by atoms with E-state index >= 15 is 0 Å². The van der Waals surface area contributed by atoms with Crippen LogP contribution in [0.3, 0.4) is 0 Å². The molecule has 2 unspecified atom stereocenters. The number of carbonyl (C=O) groups is 2. The summed E-state index contributed by atoms with van der Waals surface area (Å²) in [6.45, 7) is 1.73. The van der Waals surface area contributed by atoms with Gasteiger partial charge >= 0.3 is 0 Å². The number of rotatable bonds is 6. The normalized spacial score (nSPS) is 18.4. The van der Waals surface area contributed by atoms with Crippen LogP contribution in [0.5, 0.6) is 11.5 Å². The molecule has 154 valence electrons. The van der Waals surface area contributed by atoms with E-state index in [1.807, 2.05) is 12.1 Å². The average Bonchev–Trinajstić information content (AvgIpc) is 3.18. The van der Waals surface area contributed by atoms with Gasteiger partial charge in [0, 0.05) is 19.2 Å². The lowest BCUT2D eigenvalue weighted by atomic mass is 10.1. The lowest BCUT2D eigenvalue weighted by Crippen LogP contribution is -2.47. The number of nitrogens with one attached hydrogen (secondary N) is 1. The van der Waals surface area contributed by atoms with Crippen LogP contribution in [0.1, 0.15) is 23.4 Å². The van der Waals surface area contributed by atoms with E-state index in [2.05, 4.69) is 5.32 Å².